The molecule has 0 spiro atoms. The minimum absolute atomic E-state index is 0.0754. The van der Waals surface area contributed by atoms with E-state index in [1.54, 1.807) is 23.3 Å². The van der Waals surface area contributed by atoms with E-state index in [1.807, 2.05) is 31.2 Å². The van der Waals surface area contributed by atoms with E-state index >= 15 is 0 Å². The van der Waals surface area contributed by atoms with E-state index in [1.165, 1.54) is 0 Å². The molecule has 3 heterocycles. The lowest BCUT2D eigenvalue weighted by molar-refractivity contribution is 0.0849. The topological polar surface area (TPSA) is 82.2 Å². The molecule has 0 radical (unpaired) electrons. The molecule has 1 aliphatic heterocycles. The number of aromatic nitrogens is 3. The first-order valence-corrected chi connectivity index (χ1v) is 8.67. The van der Waals surface area contributed by atoms with Gasteiger partial charge in [-0.3, -0.25) is 4.79 Å². The van der Waals surface area contributed by atoms with E-state index in [2.05, 4.69) is 15.4 Å². The molecule has 7 heteroatoms. The van der Waals surface area contributed by atoms with Crippen molar-refractivity contribution in [2.75, 3.05) is 13.2 Å². The van der Waals surface area contributed by atoms with Crippen LogP contribution in [0.15, 0.2) is 47.3 Å². The summed E-state index contributed by atoms with van der Waals surface area (Å²) in [6, 6.07) is 9.67. The van der Waals surface area contributed by atoms with Crippen molar-refractivity contribution in [1.82, 2.24) is 20.1 Å². The quantitative estimate of drug-likeness (QED) is 0.763. The Kier molecular flexibility index (Phi) is 4.53. The molecule has 1 saturated heterocycles. The van der Waals surface area contributed by atoms with E-state index < -0.39 is 0 Å². The van der Waals surface area contributed by atoms with Crippen LogP contribution in [-0.2, 0) is 4.74 Å². The minimum atomic E-state index is -0.309. The first kappa shape index (κ1) is 16.5. The van der Waals surface area contributed by atoms with Crippen LogP contribution in [-0.4, -0.2) is 39.9 Å². The number of nitrogens with one attached hydrogen (secondary N) is 1. The van der Waals surface area contributed by atoms with Gasteiger partial charge in [0.05, 0.1) is 23.6 Å². The lowest BCUT2D eigenvalue weighted by atomic mass is 10.2. The van der Waals surface area contributed by atoms with E-state index in [0.717, 1.165) is 36.3 Å². The van der Waals surface area contributed by atoms with Crippen molar-refractivity contribution >= 4 is 5.91 Å². The Balaban J connectivity index is 1.62. The summed E-state index contributed by atoms with van der Waals surface area (Å²) in [5.41, 5.74) is 2.74. The molecule has 1 aromatic carbocycles. The van der Waals surface area contributed by atoms with E-state index in [-0.39, 0.29) is 17.8 Å². The molecule has 7 nitrogen and oxygen atoms in total. The molecule has 26 heavy (non-hydrogen) atoms. The third-order valence-corrected chi connectivity index (χ3v) is 4.38. The highest BCUT2D eigenvalue weighted by Crippen LogP contribution is 2.22. The van der Waals surface area contributed by atoms with E-state index in [0.29, 0.717) is 12.4 Å². The van der Waals surface area contributed by atoms with Crippen molar-refractivity contribution in [3.05, 3.63) is 54.2 Å². The number of benzene rings is 1. The van der Waals surface area contributed by atoms with Gasteiger partial charge in [-0.1, -0.05) is 17.7 Å². The van der Waals surface area contributed by atoms with Crippen LogP contribution in [0.1, 0.15) is 29.0 Å². The second-order valence-corrected chi connectivity index (χ2v) is 6.36. The Bertz CT molecular complexity index is 878. The summed E-state index contributed by atoms with van der Waals surface area (Å²) >= 11 is 0. The van der Waals surface area contributed by atoms with Crippen LogP contribution in [0.25, 0.3) is 17.1 Å². The van der Waals surface area contributed by atoms with Gasteiger partial charge in [0.15, 0.2) is 5.82 Å². The smallest absolute Gasteiger partial charge is 0.291 e. The fraction of sp³-hybridized carbons (Fsp3) is 0.316. The lowest BCUT2D eigenvalue weighted by Crippen LogP contribution is -2.32. The highest BCUT2D eigenvalue weighted by atomic mass is 16.5. The maximum absolute atomic E-state index is 12.5. The molecule has 0 bridgehead atoms. The van der Waals surface area contributed by atoms with Gasteiger partial charge >= 0.3 is 0 Å². The van der Waals surface area contributed by atoms with Gasteiger partial charge in [-0.2, -0.15) is 0 Å². The zero-order valence-electron chi connectivity index (χ0n) is 14.5. The van der Waals surface area contributed by atoms with Gasteiger partial charge in [0.25, 0.3) is 5.91 Å². The highest BCUT2D eigenvalue weighted by molar-refractivity contribution is 5.91. The average molecular weight is 352 g/mol. The summed E-state index contributed by atoms with van der Waals surface area (Å²) in [6.07, 6.45) is 5.23. The number of hydrogen-bond acceptors (Lipinski definition) is 5. The molecular weight excluding hydrogens is 332 g/mol. The van der Waals surface area contributed by atoms with Crippen molar-refractivity contribution in [1.29, 1.82) is 0 Å². The Hall–Kier alpha value is -2.93. The zero-order chi connectivity index (χ0) is 17.9. The van der Waals surface area contributed by atoms with Gasteiger partial charge in [-0.05, 0) is 38.0 Å². The van der Waals surface area contributed by atoms with Crippen molar-refractivity contribution < 1.29 is 13.9 Å². The Morgan fingerprint density at radius 2 is 2.15 bits per heavy atom. The fourth-order valence-electron chi connectivity index (χ4n) is 2.94. The standard InChI is InChI=1S/C19H20N4O3/c1-13-4-6-15(7-5-13)23-18(14-8-10-25-12-14)21-17(22-23)19(24)20-11-16-3-2-9-26-16/h4-8,10,12,16H,2-3,9,11H2,1H3,(H,20,24). The minimum Gasteiger partial charge on any atom is -0.472 e. The molecule has 134 valence electrons. The normalized spacial score (nSPS) is 16.7. The van der Waals surface area contributed by atoms with Crippen molar-refractivity contribution in [2.45, 2.75) is 25.9 Å². The van der Waals surface area contributed by atoms with Crippen LogP contribution in [0, 0.1) is 6.92 Å². The molecule has 1 aliphatic rings. The molecule has 2 aromatic heterocycles. The number of aryl methyl sites for hydroxylation is 1. The lowest BCUT2D eigenvalue weighted by Gasteiger charge is -2.09. The SMILES string of the molecule is Cc1ccc(-n2nc(C(=O)NCC3CCCO3)nc2-c2ccoc2)cc1. The van der Waals surface area contributed by atoms with Crippen LogP contribution in [0.3, 0.4) is 0 Å². The van der Waals surface area contributed by atoms with Gasteiger partial charge < -0.3 is 14.5 Å². The van der Waals surface area contributed by atoms with Crippen molar-refractivity contribution in [3.63, 3.8) is 0 Å². The van der Waals surface area contributed by atoms with Crippen LogP contribution in [0.2, 0.25) is 0 Å². The zero-order valence-corrected chi connectivity index (χ0v) is 14.5. The molecule has 1 amide bonds. The summed E-state index contributed by atoms with van der Waals surface area (Å²) < 4.78 is 12.4. The third kappa shape index (κ3) is 3.39. The summed E-state index contributed by atoms with van der Waals surface area (Å²) in [4.78, 5) is 16.9. The number of carbonyl (C=O) groups excluding carboxylic acids is 1. The summed E-state index contributed by atoms with van der Waals surface area (Å²) in [7, 11) is 0. The monoisotopic (exact) mass is 352 g/mol. The first-order chi connectivity index (χ1) is 12.7. The predicted octanol–water partition coefficient (Wildman–Crippen LogP) is 2.74. The largest absolute Gasteiger partial charge is 0.472 e. The molecule has 3 aromatic rings. The number of nitrogens with zero attached hydrogens (tertiary/aromatic N) is 3. The van der Waals surface area contributed by atoms with Crippen LogP contribution in [0.5, 0.6) is 0 Å². The summed E-state index contributed by atoms with van der Waals surface area (Å²) in [5.74, 6) is 0.376. The number of rotatable bonds is 5. The van der Waals surface area contributed by atoms with Gasteiger partial charge in [0.2, 0.25) is 5.82 Å². The summed E-state index contributed by atoms with van der Waals surface area (Å²) in [5, 5.41) is 7.28. The van der Waals surface area contributed by atoms with Gasteiger partial charge in [-0.15, -0.1) is 5.10 Å². The number of amides is 1. The molecule has 1 atom stereocenters. The van der Waals surface area contributed by atoms with Gasteiger partial charge in [0.1, 0.15) is 6.26 Å². The Morgan fingerprint density at radius 1 is 1.31 bits per heavy atom. The second-order valence-electron chi connectivity index (χ2n) is 6.36. The molecule has 1 fully saturated rings. The van der Waals surface area contributed by atoms with E-state index in [4.69, 9.17) is 9.15 Å². The Labute approximate surface area is 151 Å². The van der Waals surface area contributed by atoms with Crippen LogP contribution >= 0.6 is 0 Å². The highest BCUT2D eigenvalue weighted by Gasteiger charge is 2.21. The maximum Gasteiger partial charge on any atom is 0.291 e. The van der Waals surface area contributed by atoms with Gasteiger partial charge in [-0.25, -0.2) is 9.67 Å². The van der Waals surface area contributed by atoms with Crippen molar-refractivity contribution in [3.8, 4) is 17.1 Å². The molecule has 1 N–H and O–H groups in total. The number of ether oxygens (including phenoxy) is 1. The number of carbonyl (C=O) groups is 1. The van der Waals surface area contributed by atoms with Gasteiger partial charge in [0, 0.05) is 13.2 Å². The van der Waals surface area contributed by atoms with Crippen LogP contribution < -0.4 is 5.32 Å². The second kappa shape index (κ2) is 7.13. The molecule has 0 saturated carbocycles. The molecule has 0 aliphatic carbocycles. The molecular formula is C19H20N4O3. The van der Waals surface area contributed by atoms with Crippen LogP contribution in [0.4, 0.5) is 0 Å². The third-order valence-electron chi connectivity index (χ3n) is 4.38. The fourth-order valence-corrected chi connectivity index (χ4v) is 2.94. The van der Waals surface area contributed by atoms with Crippen molar-refractivity contribution in [2.24, 2.45) is 0 Å². The summed E-state index contributed by atoms with van der Waals surface area (Å²) in [6.45, 7) is 3.25. The number of furan rings is 1. The predicted molar refractivity (Wildman–Crippen MR) is 95.1 cm³/mol. The Morgan fingerprint density at radius 3 is 2.85 bits per heavy atom. The maximum atomic E-state index is 12.5. The first-order valence-electron chi connectivity index (χ1n) is 8.67. The average Bonchev–Trinajstić information content (AvgIpc) is 3.41. The molecule has 4 rings (SSSR count). The van der Waals surface area contributed by atoms with E-state index in [9.17, 15) is 4.79 Å². The molecule has 1 unspecified atom stereocenters. The number of hydrogen-bond donors (Lipinski definition) is 1.